The Kier molecular flexibility index (Phi) is 42.2. The van der Waals surface area contributed by atoms with Crippen molar-refractivity contribution in [3.63, 3.8) is 0 Å². The van der Waals surface area contributed by atoms with Gasteiger partial charge in [0.1, 0.15) is 25.0 Å². The molecule has 3 aromatic rings. The molecule has 0 radical (unpaired) electrons. The van der Waals surface area contributed by atoms with Crippen LogP contribution in [0.5, 0.6) is 0 Å². The molecule has 0 aliphatic heterocycles. The van der Waals surface area contributed by atoms with E-state index in [2.05, 4.69) is 389 Å². The van der Waals surface area contributed by atoms with Crippen LogP contribution in [0.4, 0.5) is 0 Å². The van der Waals surface area contributed by atoms with E-state index in [9.17, 15) is 15.0 Å². The van der Waals surface area contributed by atoms with Crippen molar-refractivity contribution in [3.8, 4) is 403 Å². The molecular formula is C88H26N2O6. The van der Waals surface area contributed by atoms with E-state index < -0.39 is 30.7 Å². The molecule has 3 N–H and O–H groups in total. The van der Waals surface area contributed by atoms with E-state index in [1.165, 1.54) is 13.0 Å². The predicted octanol–water partition coefficient (Wildman–Crippen LogP) is 2.47. The summed E-state index contributed by atoms with van der Waals surface area (Å²) >= 11 is 0. The van der Waals surface area contributed by atoms with E-state index in [-0.39, 0.29) is 18.1 Å². The molecule has 8 nitrogen and oxygen atoms in total. The number of terminal acetylenes is 2. The van der Waals surface area contributed by atoms with Crippen LogP contribution in [0.25, 0.3) is 11.3 Å². The van der Waals surface area contributed by atoms with Crippen molar-refractivity contribution in [3.05, 3.63) is 71.2 Å². The number of hydrogen-bond acceptors (Lipinski definition) is 8. The molecule has 0 saturated carbocycles. The van der Waals surface area contributed by atoms with Crippen molar-refractivity contribution in [2.75, 3.05) is 6.61 Å². The lowest BCUT2D eigenvalue weighted by molar-refractivity contribution is -0.166. The van der Waals surface area contributed by atoms with Gasteiger partial charge < -0.3 is 24.6 Å². The number of ether oxygens (including phenoxy) is 1. The molecule has 1 aromatic carbocycles. The normalized spacial score (nSPS) is 7.16. The Morgan fingerprint density at radius 2 is 0.688 bits per heavy atom. The maximum Gasteiger partial charge on any atom is 0.192 e. The van der Waals surface area contributed by atoms with Crippen molar-refractivity contribution in [1.82, 2.24) is 10.1 Å². The smallest absolute Gasteiger partial charge is 0.192 e. The summed E-state index contributed by atoms with van der Waals surface area (Å²) < 4.78 is 10.6. The summed E-state index contributed by atoms with van der Waals surface area (Å²) in [6.45, 7) is 2.17. The van der Waals surface area contributed by atoms with Crippen molar-refractivity contribution in [1.29, 1.82) is 0 Å². The van der Waals surface area contributed by atoms with Gasteiger partial charge in [-0.05, 0) is 126 Å². The Morgan fingerprint density at radius 3 is 0.896 bits per heavy atom. The monoisotopic (exact) mass is 1210 g/mol. The number of aliphatic hydroxyl groups excluding tert-OH is 3. The second kappa shape index (κ2) is 54.2. The van der Waals surface area contributed by atoms with Gasteiger partial charge in [-0.2, -0.15) is 0 Å². The third-order valence-electron chi connectivity index (χ3n) is 8.89. The lowest BCUT2D eigenvalue weighted by Gasteiger charge is -2.31. The minimum Gasteiger partial charge on any atom is -0.388 e. The van der Waals surface area contributed by atoms with E-state index in [1.54, 1.807) is 6.20 Å². The van der Waals surface area contributed by atoms with E-state index in [4.69, 9.17) is 27.2 Å². The molecule has 0 fully saturated rings. The lowest BCUT2D eigenvalue weighted by Crippen LogP contribution is -2.46. The molecule has 0 aliphatic carbocycles. The maximum absolute atomic E-state index is 12.4. The predicted molar refractivity (Wildman–Crippen MR) is 366 cm³/mol. The number of carbonyl (C=O) groups is 1. The first-order valence-electron chi connectivity index (χ1n) is 25.7. The summed E-state index contributed by atoms with van der Waals surface area (Å²) in [7, 11) is 0. The fourth-order valence-electron chi connectivity index (χ4n) is 4.87. The summed E-state index contributed by atoms with van der Waals surface area (Å²) in [5.74, 6) is 158. The van der Waals surface area contributed by atoms with Crippen LogP contribution < -0.4 is 0 Å². The molecule has 424 valence electrons. The van der Waals surface area contributed by atoms with Crippen LogP contribution in [0.1, 0.15) is 35.6 Å². The number of aryl methyl sites for hydroxylation is 1. The van der Waals surface area contributed by atoms with Crippen LogP contribution in [0.3, 0.4) is 0 Å². The molecule has 3 rings (SSSR count). The van der Waals surface area contributed by atoms with Gasteiger partial charge in [-0.3, -0.25) is 9.78 Å². The van der Waals surface area contributed by atoms with Crippen LogP contribution in [0, 0.1) is 399 Å². The summed E-state index contributed by atoms with van der Waals surface area (Å²) in [5, 5.41) is 32.8. The van der Waals surface area contributed by atoms with Gasteiger partial charge in [-0.25, -0.2) is 0 Å². The van der Waals surface area contributed by atoms with Gasteiger partial charge in [0, 0.05) is 302 Å². The third-order valence-corrected chi connectivity index (χ3v) is 8.89. The molecule has 0 bridgehead atoms. The van der Waals surface area contributed by atoms with Crippen molar-refractivity contribution in [2.24, 2.45) is 0 Å². The highest BCUT2D eigenvalue weighted by molar-refractivity contribution is 5.88. The van der Waals surface area contributed by atoms with Crippen LogP contribution in [-0.2, 0) is 22.7 Å². The highest BCUT2D eigenvalue weighted by atomic mass is 16.5. The van der Waals surface area contributed by atoms with E-state index in [1.807, 2.05) is 43.3 Å². The summed E-state index contributed by atoms with van der Waals surface area (Å²) in [4.78, 5) is 16.8. The van der Waals surface area contributed by atoms with Crippen LogP contribution >= 0.6 is 0 Å². The van der Waals surface area contributed by atoms with Gasteiger partial charge in [0.25, 0.3) is 0 Å². The summed E-state index contributed by atoms with van der Waals surface area (Å²) in [6, 6.07) is 12.7. The number of carbonyl (C=O) groups excluding carboxylic acids is 1. The largest absolute Gasteiger partial charge is 0.388 e. The summed E-state index contributed by atoms with van der Waals surface area (Å²) in [6.07, 6.45) is 10.2. The molecule has 96 heavy (non-hydrogen) atoms. The van der Waals surface area contributed by atoms with Crippen LogP contribution in [0.15, 0.2) is 53.2 Å². The molecule has 0 saturated heterocycles. The summed E-state index contributed by atoms with van der Waals surface area (Å²) in [5.41, 5.74) is 1.90. The number of ketones is 1. The number of aliphatic hydroxyl groups is 3. The first-order valence-corrected chi connectivity index (χ1v) is 25.7. The third kappa shape index (κ3) is 40.0. The van der Waals surface area contributed by atoms with Gasteiger partial charge in [0.05, 0.1) is 12.3 Å². The number of Topliss-reactive ketones (excluding diaryl/α,β-unsaturated/α-hetero) is 1. The van der Waals surface area contributed by atoms with Crippen molar-refractivity contribution < 1.29 is 29.4 Å². The molecule has 2 aromatic heterocycles. The Balaban J connectivity index is 0.000000857. The highest BCUT2D eigenvalue weighted by Crippen LogP contribution is 2.31. The van der Waals surface area contributed by atoms with E-state index in [0.717, 1.165) is 22.4 Å². The number of hydrogen-bond donors (Lipinski definition) is 3. The average Bonchev–Trinajstić information content (AvgIpc) is 1.50. The number of pyridine rings is 1. The van der Waals surface area contributed by atoms with Gasteiger partial charge >= 0.3 is 0 Å². The standard InChI is InChI=1S/C66H2.C22H24N2O6/c1-3-5-7-9-11-13-15-17-19-21-23-25-27-29-31-33-35-37-39-41-43-45-47-49-51-53-55-57-59-61-63-65-66-64-62-60-58-56-54-52-50-48-46-44-42-40-38-36-34-32-30-28-26-24-22-20-18-16-14-12-10-8-6-4-2;1-14-3-8-18(23-10-14)16-6-4-15(5-7-16)13-29-22(2,20(27)12-26)21(28)19-9-17(11-25)30-24-19/h1-2H;3-10,21,25-26,28H,11-13H2,1-2H3/t;21-,22+/m.0/s1. The second-order valence-electron chi connectivity index (χ2n) is 15.2. The number of rotatable bonds is 9. The molecular weight excluding hydrogens is 1180 g/mol. The van der Waals surface area contributed by atoms with Gasteiger partial charge in [-0.15, -0.1) is 12.8 Å². The molecule has 2 atom stereocenters. The molecule has 0 amide bonds. The van der Waals surface area contributed by atoms with Gasteiger partial charge in [-0.1, -0.05) is 35.5 Å². The molecule has 0 aliphatic rings. The van der Waals surface area contributed by atoms with Crippen LogP contribution in [0.2, 0.25) is 0 Å². The quantitative estimate of drug-likeness (QED) is 0.280. The SMILES string of the molecule is C#CC#CC#CC#CC#CC#CC#CC#CC#CC#CC#CC#CC#CC#CC#CC#CC#CC#CC#CC#CC#CC#CC#CC#CC#CC#CC#CC#CC#CC#CC#CC#CC#C.Cc1ccc(-c2ccc(CO[C@](C)(C(=O)CO)[C@@H](O)c3cc(CO)on3)cc2)nc1. The van der Waals surface area contributed by atoms with Gasteiger partial charge in [0.2, 0.25) is 0 Å². The fourth-order valence-corrected chi connectivity index (χ4v) is 4.87. The first-order chi connectivity index (χ1) is 47.3. The zero-order valence-corrected chi connectivity index (χ0v) is 49.9. The maximum atomic E-state index is 12.4. The van der Waals surface area contributed by atoms with Gasteiger partial charge in [0.15, 0.2) is 17.1 Å². The Bertz CT molecular complexity index is 5580. The topological polar surface area (TPSA) is 126 Å². The highest BCUT2D eigenvalue weighted by Gasteiger charge is 2.43. The minimum absolute atomic E-state index is 0.0195. The Hall–Kier alpha value is -17.4. The number of aromatic nitrogens is 2. The zero-order valence-electron chi connectivity index (χ0n) is 49.9. The number of benzene rings is 1. The van der Waals surface area contributed by atoms with E-state index >= 15 is 0 Å². The second-order valence-corrected chi connectivity index (χ2v) is 15.2. The molecule has 8 heteroatoms. The van der Waals surface area contributed by atoms with Crippen LogP contribution in [-0.4, -0.2) is 43.5 Å². The van der Waals surface area contributed by atoms with Crippen molar-refractivity contribution >= 4 is 5.78 Å². The molecule has 2 heterocycles. The first kappa shape index (κ1) is 74.7. The lowest BCUT2D eigenvalue weighted by atomic mass is 9.91. The molecule has 0 unspecified atom stereocenters. The van der Waals surface area contributed by atoms with E-state index in [0.29, 0.717) is 0 Å². The minimum atomic E-state index is -1.75. The fraction of sp³-hybridized carbons (Fsp3) is 0.0795. The van der Waals surface area contributed by atoms with Crippen molar-refractivity contribution in [2.45, 2.75) is 38.8 Å². The zero-order chi connectivity index (χ0) is 69.0. The average molecular weight is 1210 g/mol. The Morgan fingerprint density at radius 1 is 0.427 bits per heavy atom. The number of nitrogens with zero attached hydrogens (tertiary/aromatic N) is 2. The Labute approximate surface area is 561 Å². The molecule has 0 spiro atoms.